The number of fused-ring (bicyclic) bond motifs is 7. The molecule has 4 aromatic heterocycles. The summed E-state index contributed by atoms with van der Waals surface area (Å²) in [6.07, 6.45) is 3.59. The van der Waals surface area contributed by atoms with Gasteiger partial charge in [-0.25, -0.2) is 4.98 Å². The van der Waals surface area contributed by atoms with Crippen molar-refractivity contribution in [2.75, 3.05) is 0 Å². The number of hydrogen-bond acceptors (Lipinski definition) is 3. The summed E-state index contributed by atoms with van der Waals surface area (Å²) in [5.74, 6) is 0. The van der Waals surface area contributed by atoms with Crippen molar-refractivity contribution < 1.29 is 0 Å². The highest BCUT2D eigenvalue weighted by molar-refractivity contribution is 6.14. The van der Waals surface area contributed by atoms with E-state index in [1.54, 1.807) is 18.3 Å². The Kier molecular flexibility index (Phi) is 2.04. The van der Waals surface area contributed by atoms with Crippen molar-refractivity contribution in [1.82, 2.24) is 19.4 Å². The Labute approximate surface area is 123 Å². The van der Waals surface area contributed by atoms with Crippen LogP contribution in [0.5, 0.6) is 0 Å². The molecule has 0 saturated heterocycles. The first kappa shape index (κ1) is 11.4. The first-order chi connectivity index (χ1) is 10.8. The van der Waals surface area contributed by atoms with Crippen molar-refractivity contribution >= 4 is 38.5 Å². The number of aromatic nitrogens is 4. The summed E-state index contributed by atoms with van der Waals surface area (Å²) in [7, 11) is 0. The number of rotatable bonds is 0. The third-order valence-corrected chi connectivity index (χ3v) is 4.03. The van der Waals surface area contributed by atoms with Crippen LogP contribution in [0.25, 0.3) is 38.5 Å². The number of benzene rings is 1. The van der Waals surface area contributed by atoms with Crippen LogP contribution in [-0.2, 0) is 0 Å². The van der Waals surface area contributed by atoms with Crippen molar-refractivity contribution in [3.05, 3.63) is 65.2 Å². The molecule has 0 saturated carbocycles. The highest BCUT2D eigenvalue weighted by Crippen LogP contribution is 2.28. The van der Waals surface area contributed by atoms with Crippen LogP contribution in [0.3, 0.4) is 0 Å². The second kappa shape index (κ2) is 3.92. The van der Waals surface area contributed by atoms with Crippen LogP contribution in [0, 0.1) is 0 Å². The molecule has 0 unspecified atom stereocenters. The molecule has 4 heterocycles. The fourth-order valence-corrected chi connectivity index (χ4v) is 3.06. The summed E-state index contributed by atoms with van der Waals surface area (Å²) in [4.78, 5) is 24.3. The van der Waals surface area contributed by atoms with Gasteiger partial charge >= 0.3 is 0 Å². The number of aromatic amines is 1. The molecule has 0 spiro atoms. The molecule has 0 amide bonds. The van der Waals surface area contributed by atoms with Gasteiger partial charge in [0.1, 0.15) is 0 Å². The van der Waals surface area contributed by atoms with Gasteiger partial charge in [-0.05, 0) is 24.3 Å². The Bertz CT molecular complexity index is 1250. The van der Waals surface area contributed by atoms with E-state index in [-0.39, 0.29) is 5.56 Å². The molecule has 5 nitrogen and oxygen atoms in total. The van der Waals surface area contributed by atoms with E-state index in [1.807, 2.05) is 40.9 Å². The van der Waals surface area contributed by atoms with Crippen LogP contribution in [0.2, 0.25) is 0 Å². The zero-order chi connectivity index (χ0) is 14.7. The predicted octanol–water partition coefficient (Wildman–Crippen LogP) is 2.88. The monoisotopic (exact) mass is 286 g/mol. The van der Waals surface area contributed by atoms with Crippen LogP contribution in [0.15, 0.2) is 59.7 Å². The van der Waals surface area contributed by atoms with Crippen molar-refractivity contribution in [3.8, 4) is 0 Å². The fourth-order valence-electron chi connectivity index (χ4n) is 3.06. The minimum absolute atomic E-state index is 0.249. The Balaban J connectivity index is 2.16. The van der Waals surface area contributed by atoms with Gasteiger partial charge < -0.3 is 4.98 Å². The van der Waals surface area contributed by atoms with Gasteiger partial charge in [-0.3, -0.25) is 9.20 Å². The number of hydrogen-bond donors (Lipinski definition) is 1. The zero-order valence-electron chi connectivity index (χ0n) is 11.4. The van der Waals surface area contributed by atoms with Gasteiger partial charge in [-0.2, -0.15) is 4.98 Å². The first-order valence-corrected chi connectivity index (χ1v) is 6.99. The molecule has 104 valence electrons. The smallest absolute Gasteiger partial charge is 0.282 e. The average Bonchev–Trinajstić information content (AvgIpc) is 2.94. The summed E-state index contributed by atoms with van der Waals surface area (Å²) in [6.45, 7) is 0. The van der Waals surface area contributed by atoms with E-state index in [4.69, 9.17) is 0 Å². The maximum absolute atomic E-state index is 12.3. The maximum Gasteiger partial charge on any atom is 0.282 e. The summed E-state index contributed by atoms with van der Waals surface area (Å²) in [6, 6.07) is 13.5. The highest BCUT2D eigenvalue weighted by atomic mass is 16.1. The van der Waals surface area contributed by atoms with Crippen LogP contribution >= 0.6 is 0 Å². The SMILES string of the molecule is O=c1nc2c3c(ccn2c2ncccc12)[nH]c1ccccc13. The van der Waals surface area contributed by atoms with Crippen molar-refractivity contribution in [3.63, 3.8) is 0 Å². The van der Waals surface area contributed by atoms with Gasteiger partial charge in [-0.1, -0.05) is 18.2 Å². The van der Waals surface area contributed by atoms with Gasteiger partial charge in [0.15, 0.2) is 11.3 Å². The number of para-hydroxylation sites is 1. The van der Waals surface area contributed by atoms with Crippen molar-refractivity contribution in [2.24, 2.45) is 0 Å². The summed E-state index contributed by atoms with van der Waals surface area (Å²) in [5, 5.41) is 2.53. The average molecular weight is 286 g/mol. The van der Waals surface area contributed by atoms with Crippen LogP contribution in [0.1, 0.15) is 0 Å². The number of pyridine rings is 2. The van der Waals surface area contributed by atoms with E-state index in [9.17, 15) is 4.79 Å². The molecule has 0 bridgehead atoms. The Morgan fingerprint density at radius 1 is 0.909 bits per heavy atom. The number of H-pyrrole nitrogens is 1. The highest BCUT2D eigenvalue weighted by Gasteiger charge is 2.12. The Morgan fingerprint density at radius 2 is 1.77 bits per heavy atom. The lowest BCUT2D eigenvalue weighted by Gasteiger charge is -2.05. The summed E-state index contributed by atoms with van der Waals surface area (Å²) in [5.41, 5.74) is 3.00. The molecule has 0 aliphatic rings. The minimum Gasteiger partial charge on any atom is -0.354 e. The summed E-state index contributed by atoms with van der Waals surface area (Å²) >= 11 is 0. The molecule has 5 aromatic rings. The van der Waals surface area contributed by atoms with Gasteiger partial charge in [-0.15, -0.1) is 0 Å². The Hall–Kier alpha value is -3.21. The Morgan fingerprint density at radius 3 is 2.73 bits per heavy atom. The van der Waals surface area contributed by atoms with Crippen molar-refractivity contribution in [2.45, 2.75) is 0 Å². The quantitative estimate of drug-likeness (QED) is 0.445. The van der Waals surface area contributed by atoms with Crippen LogP contribution in [-0.4, -0.2) is 19.4 Å². The van der Waals surface area contributed by atoms with Gasteiger partial charge in [0.05, 0.1) is 16.3 Å². The standard InChI is InChI=1S/C17H10N4O/c22-17-11-5-3-8-18-15(11)21-9-7-13-14(16(21)20-17)10-4-1-2-6-12(10)19-13/h1-9,19H. The molecule has 0 fully saturated rings. The van der Waals surface area contributed by atoms with Gasteiger partial charge in [0, 0.05) is 23.3 Å². The third kappa shape index (κ3) is 1.34. The molecular formula is C17H10N4O. The molecular weight excluding hydrogens is 276 g/mol. The lowest BCUT2D eigenvalue weighted by atomic mass is 10.2. The fraction of sp³-hybridized carbons (Fsp3) is 0. The zero-order valence-corrected chi connectivity index (χ0v) is 11.4. The third-order valence-electron chi connectivity index (χ3n) is 4.03. The molecule has 1 aromatic carbocycles. The second-order valence-corrected chi connectivity index (χ2v) is 5.26. The van der Waals surface area contributed by atoms with Crippen molar-refractivity contribution in [1.29, 1.82) is 0 Å². The van der Waals surface area contributed by atoms with E-state index < -0.39 is 0 Å². The van der Waals surface area contributed by atoms with Gasteiger partial charge in [0.25, 0.3) is 5.56 Å². The van der Waals surface area contributed by atoms with Crippen LogP contribution in [0.4, 0.5) is 0 Å². The molecule has 0 aliphatic heterocycles. The van der Waals surface area contributed by atoms with Crippen LogP contribution < -0.4 is 5.56 Å². The molecule has 0 atom stereocenters. The van der Waals surface area contributed by atoms with Gasteiger partial charge in [0.2, 0.25) is 0 Å². The van der Waals surface area contributed by atoms with E-state index >= 15 is 0 Å². The molecule has 5 heteroatoms. The van der Waals surface area contributed by atoms with E-state index in [0.29, 0.717) is 16.7 Å². The predicted molar refractivity (Wildman–Crippen MR) is 86.1 cm³/mol. The minimum atomic E-state index is -0.249. The molecule has 5 rings (SSSR count). The molecule has 0 radical (unpaired) electrons. The normalized spacial score (nSPS) is 11.8. The first-order valence-electron chi connectivity index (χ1n) is 6.99. The maximum atomic E-state index is 12.3. The van der Waals surface area contributed by atoms with E-state index in [1.165, 1.54) is 0 Å². The topological polar surface area (TPSA) is 63.1 Å². The van der Waals surface area contributed by atoms with E-state index in [0.717, 1.165) is 21.8 Å². The number of nitrogens with one attached hydrogen (secondary N) is 1. The summed E-state index contributed by atoms with van der Waals surface area (Å²) < 4.78 is 1.87. The van der Waals surface area contributed by atoms with E-state index in [2.05, 4.69) is 15.0 Å². The lowest BCUT2D eigenvalue weighted by molar-refractivity contribution is 1.11. The lowest BCUT2D eigenvalue weighted by Crippen LogP contribution is -2.11. The largest absolute Gasteiger partial charge is 0.354 e. The number of nitrogens with zero attached hydrogens (tertiary/aromatic N) is 3. The molecule has 22 heavy (non-hydrogen) atoms. The molecule has 1 N–H and O–H groups in total. The molecule has 0 aliphatic carbocycles. The second-order valence-electron chi connectivity index (χ2n) is 5.26.